The number of allylic oxidation sites excluding steroid dienone is 7. The first-order valence-corrected chi connectivity index (χ1v) is 37.9. The molecule has 4 heteroatoms. The second-order valence-corrected chi connectivity index (χ2v) is 26.1. The number of hydrogen-bond acceptors (Lipinski definition) is 3. The molecule has 0 aromatic heterocycles. The zero-order valence-corrected chi connectivity index (χ0v) is 56.0. The van der Waals surface area contributed by atoms with E-state index in [1.807, 2.05) is 6.08 Å². The van der Waals surface area contributed by atoms with Gasteiger partial charge in [-0.1, -0.05) is 396 Å². The zero-order valence-electron chi connectivity index (χ0n) is 56.0. The molecule has 0 bridgehead atoms. The van der Waals surface area contributed by atoms with E-state index in [4.69, 9.17) is 0 Å². The third-order valence-corrected chi connectivity index (χ3v) is 17.8. The predicted molar refractivity (Wildman–Crippen MR) is 368 cm³/mol. The van der Waals surface area contributed by atoms with Gasteiger partial charge in [0.2, 0.25) is 5.91 Å². The van der Waals surface area contributed by atoms with Crippen LogP contribution in [0.1, 0.15) is 425 Å². The maximum atomic E-state index is 12.6. The summed E-state index contributed by atoms with van der Waals surface area (Å²) >= 11 is 0. The summed E-state index contributed by atoms with van der Waals surface area (Å²) in [5, 5.41) is 23.3. The minimum atomic E-state index is -0.872. The van der Waals surface area contributed by atoms with Gasteiger partial charge in [-0.3, -0.25) is 4.79 Å². The molecule has 0 spiro atoms. The molecule has 484 valence electrons. The highest BCUT2D eigenvalue weighted by Gasteiger charge is 2.18. The van der Waals surface area contributed by atoms with Crippen LogP contribution < -0.4 is 5.32 Å². The molecule has 4 nitrogen and oxygen atoms in total. The van der Waals surface area contributed by atoms with Gasteiger partial charge in [-0.25, -0.2) is 0 Å². The third-order valence-electron chi connectivity index (χ3n) is 17.8. The predicted octanol–water partition coefficient (Wildman–Crippen LogP) is 26.1. The second-order valence-electron chi connectivity index (χ2n) is 26.1. The van der Waals surface area contributed by atoms with Crippen LogP contribution in [0.25, 0.3) is 0 Å². The van der Waals surface area contributed by atoms with Crippen molar-refractivity contribution in [3.63, 3.8) is 0 Å². The first-order valence-electron chi connectivity index (χ1n) is 37.9. The van der Waals surface area contributed by atoms with E-state index in [2.05, 4.69) is 55.6 Å². The fourth-order valence-corrected chi connectivity index (χ4v) is 12.0. The van der Waals surface area contributed by atoms with E-state index < -0.39 is 12.1 Å². The van der Waals surface area contributed by atoms with Crippen molar-refractivity contribution in [1.29, 1.82) is 0 Å². The minimum absolute atomic E-state index is 0.0696. The number of aliphatic hydroxyl groups excluding tert-OH is 2. The van der Waals surface area contributed by atoms with Crippen LogP contribution in [-0.4, -0.2) is 34.9 Å². The van der Waals surface area contributed by atoms with Gasteiger partial charge in [0.15, 0.2) is 0 Å². The molecule has 0 heterocycles. The fraction of sp³-hybridized carbons (Fsp3) is 0.885. The topological polar surface area (TPSA) is 69.6 Å². The van der Waals surface area contributed by atoms with Crippen LogP contribution in [0.3, 0.4) is 0 Å². The number of rotatable bonds is 71. The second kappa shape index (κ2) is 73.6. The number of carbonyl (C=O) groups is 1. The van der Waals surface area contributed by atoms with Gasteiger partial charge >= 0.3 is 0 Å². The highest BCUT2D eigenvalue weighted by Crippen LogP contribution is 2.19. The van der Waals surface area contributed by atoms with Crippen LogP contribution in [0.15, 0.2) is 48.6 Å². The number of carbonyl (C=O) groups excluding carboxylic acids is 1. The van der Waals surface area contributed by atoms with Crippen molar-refractivity contribution in [1.82, 2.24) is 5.32 Å². The number of aliphatic hydroxyl groups is 2. The number of nitrogens with one attached hydrogen (secondary N) is 1. The molecule has 0 aromatic rings. The molecular formula is C78H149NO3. The summed E-state index contributed by atoms with van der Waals surface area (Å²) < 4.78 is 0. The molecule has 0 radical (unpaired) electrons. The summed E-state index contributed by atoms with van der Waals surface area (Å²) in [7, 11) is 0. The number of hydrogen-bond donors (Lipinski definition) is 3. The Morgan fingerprint density at radius 3 is 0.707 bits per heavy atom. The van der Waals surface area contributed by atoms with Crippen molar-refractivity contribution >= 4 is 5.91 Å². The van der Waals surface area contributed by atoms with Crippen LogP contribution in [0.2, 0.25) is 0 Å². The van der Waals surface area contributed by atoms with E-state index in [0.29, 0.717) is 6.42 Å². The SMILES string of the molecule is CCCCCCCCCC/C=C\CCCCCCCCCCCCCCCCCCCCCCCCCCCCCC(=O)NC(CO)C(O)/C=C/CC/C=C/CC/C=C/CCCCCCCCCCCCCCCCCCCCCCC. The summed E-state index contributed by atoms with van der Waals surface area (Å²) in [6.07, 6.45) is 104. The average molecular weight is 1150 g/mol. The number of amides is 1. The molecule has 3 N–H and O–H groups in total. The Kier molecular flexibility index (Phi) is 72.1. The monoisotopic (exact) mass is 1150 g/mol. The van der Waals surface area contributed by atoms with Crippen LogP contribution in [-0.2, 0) is 4.79 Å². The molecule has 0 aliphatic rings. The van der Waals surface area contributed by atoms with Crippen molar-refractivity contribution in [2.45, 2.75) is 437 Å². The molecule has 0 saturated carbocycles. The molecule has 2 atom stereocenters. The van der Waals surface area contributed by atoms with Gasteiger partial charge < -0.3 is 15.5 Å². The Hall–Kier alpha value is -1.65. The maximum absolute atomic E-state index is 12.6. The molecule has 0 saturated heterocycles. The van der Waals surface area contributed by atoms with E-state index in [1.165, 1.54) is 366 Å². The summed E-state index contributed by atoms with van der Waals surface area (Å²) in [5.74, 6) is -0.0696. The third kappa shape index (κ3) is 69.1. The van der Waals surface area contributed by atoms with Gasteiger partial charge in [-0.2, -0.15) is 0 Å². The van der Waals surface area contributed by atoms with E-state index >= 15 is 0 Å². The molecule has 1 amide bonds. The standard InChI is InChI=1S/C78H149NO3/c1-3-5-7-9-11-13-15-17-19-21-23-25-27-29-31-33-35-36-37-38-39-40-41-42-44-46-48-50-52-54-56-58-60-62-64-66-68-70-72-74-78(82)79-76(75-80)77(81)73-71-69-67-65-63-61-59-57-55-53-51-49-47-45-43-34-32-30-28-26-24-22-20-18-16-14-12-10-8-6-4-2/h21,23,55,57,63,65,71,73,76-77,80-81H,3-20,22,24-54,56,58-62,64,66-70,72,74-75H2,1-2H3,(H,79,82)/b23-21-,57-55+,65-63+,73-71+. The van der Waals surface area contributed by atoms with E-state index in [0.717, 1.165) is 38.5 Å². The largest absolute Gasteiger partial charge is 0.394 e. The van der Waals surface area contributed by atoms with Crippen molar-refractivity contribution in [3.8, 4) is 0 Å². The van der Waals surface area contributed by atoms with E-state index in [1.54, 1.807) is 6.08 Å². The van der Waals surface area contributed by atoms with Gasteiger partial charge in [0.05, 0.1) is 18.8 Å². The van der Waals surface area contributed by atoms with Crippen molar-refractivity contribution < 1.29 is 15.0 Å². The van der Waals surface area contributed by atoms with Crippen LogP contribution in [0.5, 0.6) is 0 Å². The Balaban J connectivity index is 3.44. The molecule has 0 aliphatic heterocycles. The van der Waals surface area contributed by atoms with Crippen LogP contribution in [0, 0.1) is 0 Å². The van der Waals surface area contributed by atoms with Crippen molar-refractivity contribution in [2.24, 2.45) is 0 Å². The summed E-state index contributed by atoms with van der Waals surface area (Å²) in [4.78, 5) is 12.6. The van der Waals surface area contributed by atoms with Gasteiger partial charge in [0.25, 0.3) is 0 Å². The first kappa shape index (κ1) is 80.3. The Morgan fingerprint density at radius 1 is 0.280 bits per heavy atom. The summed E-state index contributed by atoms with van der Waals surface area (Å²) in [5.41, 5.74) is 0. The lowest BCUT2D eigenvalue weighted by atomic mass is 10.0. The normalized spacial score (nSPS) is 12.9. The lowest BCUT2D eigenvalue weighted by Gasteiger charge is -2.19. The van der Waals surface area contributed by atoms with E-state index in [9.17, 15) is 15.0 Å². The molecular weight excluding hydrogens is 999 g/mol. The Bertz CT molecular complexity index is 1300. The number of unbranched alkanes of at least 4 members (excludes halogenated alkanes) is 58. The van der Waals surface area contributed by atoms with Gasteiger partial charge in [-0.05, 0) is 70.6 Å². The average Bonchev–Trinajstić information content (AvgIpc) is 3.50. The van der Waals surface area contributed by atoms with Gasteiger partial charge in [-0.15, -0.1) is 0 Å². The molecule has 2 unspecified atom stereocenters. The van der Waals surface area contributed by atoms with Gasteiger partial charge in [0.1, 0.15) is 0 Å². The fourth-order valence-electron chi connectivity index (χ4n) is 12.0. The molecule has 0 aromatic carbocycles. The van der Waals surface area contributed by atoms with Crippen LogP contribution in [0.4, 0.5) is 0 Å². The first-order chi connectivity index (χ1) is 40.7. The molecule has 0 aliphatic carbocycles. The zero-order chi connectivity index (χ0) is 59.1. The molecule has 0 fully saturated rings. The lowest BCUT2D eigenvalue weighted by molar-refractivity contribution is -0.123. The molecule has 0 rings (SSSR count). The maximum Gasteiger partial charge on any atom is 0.220 e. The summed E-state index contributed by atoms with van der Waals surface area (Å²) in [6.45, 7) is 4.34. The van der Waals surface area contributed by atoms with E-state index in [-0.39, 0.29) is 12.5 Å². The van der Waals surface area contributed by atoms with Crippen molar-refractivity contribution in [3.05, 3.63) is 48.6 Å². The highest BCUT2D eigenvalue weighted by molar-refractivity contribution is 5.76. The minimum Gasteiger partial charge on any atom is -0.394 e. The Labute approximate surface area is 515 Å². The molecule has 82 heavy (non-hydrogen) atoms. The van der Waals surface area contributed by atoms with Crippen LogP contribution >= 0.6 is 0 Å². The van der Waals surface area contributed by atoms with Gasteiger partial charge in [0, 0.05) is 6.42 Å². The summed E-state index contributed by atoms with van der Waals surface area (Å²) in [6, 6.07) is -0.647. The van der Waals surface area contributed by atoms with Crippen molar-refractivity contribution in [2.75, 3.05) is 6.61 Å². The Morgan fingerprint density at radius 2 is 0.476 bits per heavy atom. The quantitative estimate of drug-likeness (QED) is 0.0420. The smallest absolute Gasteiger partial charge is 0.220 e. The lowest BCUT2D eigenvalue weighted by Crippen LogP contribution is -2.45. The highest BCUT2D eigenvalue weighted by atomic mass is 16.3.